The molecule has 1 aromatic heterocycles. The van der Waals surface area contributed by atoms with Gasteiger partial charge in [0.1, 0.15) is 11.8 Å². The maximum Gasteiger partial charge on any atom is 0.267 e. The van der Waals surface area contributed by atoms with Gasteiger partial charge in [-0.1, -0.05) is 12.5 Å². The number of carbonyl (C=O) groups excluding carboxylic acids is 1. The largest absolute Gasteiger partial charge is 0.473 e. The molecule has 1 fully saturated rings. The van der Waals surface area contributed by atoms with Crippen molar-refractivity contribution in [3.8, 4) is 5.88 Å². The Morgan fingerprint density at radius 1 is 1.35 bits per heavy atom. The van der Waals surface area contributed by atoms with E-state index in [2.05, 4.69) is 4.98 Å². The van der Waals surface area contributed by atoms with Crippen LogP contribution in [0, 0.1) is 0 Å². The smallest absolute Gasteiger partial charge is 0.267 e. The van der Waals surface area contributed by atoms with Crippen molar-refractivity contribution < 1.29 is 9.53 Å². The van der Waals surface area contributed by atoms with Gasteiger partial charge in [0.25, 0.3) is 5.91 Å². The molecule has 1 aliphatic carbocycles. The normalized spacial score (nSPS) is 24.3. The predicted molar refractivity (Wildman–Crippen MR) is 63.6 cm³/mol. The van der Waals surface area contributed by atoms with Crippen LogP contribution in [0.15, 0.2) is 18.2 Å². The zero-order chi connectivity index (χ0) is 12.3. The molecular formula is C12H17N3O2. The lowest BCUT2D eigenvalue weighted by Gasteiger charge is -2.28. The molecule has 5 heteroatoms. The molecule has 1 aromatic rings. The van der Waals surface area contributed by atoms with Crippen LogP contribution < -0.4 is 16.2 Å². The van der Waals surface area contributed by atoms with Gasteiger partial charge < -0.3 is 16.2 Å². The van der Waals surface area contributed by atoms with Crippen LogP contribution >= 0.6 is 0 Å². The lowest BCUT2D eigenvalue weighted by molar-refractivity contribution is 0.0989. The van der Waals surface area contributed by atoms with Gasteiger partial charge >= 0.3 is 0 Å². The fourth-order valence-electron chi connectivity index (χ4n) is 2.04. The molecule has 1 saturated carbocycles. The molecule has 2 unspecified atom stereocenters. The second kappa shape index (κ2) is 5.14. The number of amides is 1. The Hall–Kier alpha value is -1.62. The van der Waals surface area contributed by atoms with Gasteiger partial charge in [-0.05, 0) is 25.3 Å². The van der Waals surface area contributed by atoms with E-state index in [-0.39, 0.29) is 17.8 Å². The summed E-state index contributed by atoms with van der Waals surface area (Å²) in [4.78, 5) is 15.0. The summed E-state index contributed by atoms with van der Waals surface area (Å²) >= 11 is 0. The maximum atomic E-state index is 11.0. The third kappa shape index (κ3) is 2.94. The minimum atomic E-state index is -0.552. The van der Waals surface area contributed by atoms with Crippen LogP contribution in [0.2, 0.25) is 0 Å². The molecule has 5 nitrogen and oxygen atoms in total. The van der Waals surface area contributed by atoms with E-state index in [9.17, 15) is 4.79 Å². The zero-order valence-electron chi connectivity index (χ0n) is 9.63. The number of primary amides is 1. The molecule has 0 aromatic carbocycles. The van der Waals surface area contributed by atoms with E-state index < -0.39 is 5.91 Å². The Morgan fingerprint density at radius 3 is 2.82 bits per heavy atom. The molecule has 17 heavy (non-hydrogen) atoms. The van der Waals surface area contributed by atoms with Crippen LogP contribution in [-0.4, -0.2) is 23.0 Å². The minimum absolute atomic E-state index is 0.0145. The molecule has 2 atom stereocenters. The van der Waals surface area contributed by atoms with Crippen LogP contribution in [0.4, 0.5) is 0 Å². The lowest BCUT2D eigenvalue weighted by atomic mass is 9.93. The van der Waals surface area contributed by atoms with Crippen molar-refractivity contribution in [2.75, 3.05) is 0 Å². The van der Waals surface area contributed by atoms with Gasteiger partial charge in [0.05, 0.1) is 0 Å². The van der Waals surface area contributed by atoms with Crippen molar-refractivity contribution in [3.05, 3.63) is 23.9 Å². The number of nitrogens with zero attached hydrogens (tertiary/aromatic N) is 1. The molecule has 2 rings (SSSR count). The summed E-state index contributed by atoms with van der Waals surface area (Å²) in [5, 5.41) is 0. The van der Waals surface area contributed by atoms with Crippen LogP contribution in [0.5, 0.6) is 5.88 Å². The quantitative estimate of drug-likeness (QED) is 0.811. The summed E-state index contributed by atoms with van der Waals surface area (Å²) in [6.45, 7) is 0. The molecule has 92 valence electrons. The molecule has 0 spiro atoms. The van der Waals surface area contributed by atoms with Crippen LogP contribution in [0.3, 0.4) is 0 Å². The number of aromatic nitrogens is 1. The second-order valence-electron chi connectivity index (χ2n) is 4.33. The Labute approximate surface area is 100 Å². The summed E-state index contributed by atoms with van der Waals surface area (Å²) in [5.41, 5.74) is 11.4. The van der Waals surface area contributed by atoms with Crippen molar-refractivity contribution in [2.45, 2.75) is 37.8 Å². The number of rotatable bonds is 3. The average molecular weight is 235 g/mol. The lowest BCUT2D eigenvalue weighted by Crippen LogP contribution is -2.41. The summed E-state index contributed by atoms with van der Waals surface area (Å²) in [6.07, 6.45) is 4.16. The molecule has 0 bridgehead atoms. The summed E-state index contributed by atoms with van der Waals surface area (Å²) < 4.78 is 5.71. The number of ether oxygens (including phenoxy) is 1. The van der Waals surface area contributed by atoms with Crippen molar-refractivity contribution >= 4 is 5.91 Å². The van der Waals surface area contributed by atoms with Crippen molar-refractivity contribution in [2.24, 2.45) is 11.5 Å². The fraction of sp³-hybridized carbons (Fsp3) is 0.500. The zero-order valence-corrected chi connectivity index (χ0v) is 9.63. The maximum absolute atomic E-state index is 11.0. The van der Waals surface area contributed by atoms with Gasteiger partial charge in [0, 0.05) is 12.1 Å². The standard InChI is InChI=1S/C12H17N3O2/c13-8-4-1-2-6-10(8)17-11-7-3-5-9(15-11)12(14)16/h3,5,7-8,10H,1-2,4,6,13H2,(H2,14,16). The predicted octanol–water partition coefficient (Wildman–Crippen LogP) is 0.829. The molecule has 0 radical (unpaired) electrons. The molecule has 0 aliphatic heterocycles. The third-order valence-electron chi connectivity index (χ3n) is 3.00. The van der Waals surface area contributed by atoms with Crippen molar-refractivity contribution in [1.29, 1.82) is 0 Å². The second-order valence-corrected chi connectivity index (χ2v) is 4.33. The third-order valence-corrected chi connectivity index (χ3v) is 3.00. The first-order valence-corrected chi connectivity index (χ1v) is 5.86. The first-order valence-electron chi connectivity index (χ1n) is 5.86. The van der Waals surface area contributed by atoms with Gasteiger partial charge in [-0.2, -0.15) is 0 Å². The molecule has 1 amide bonds. The fourth-order valence-corrected chi connectivity index (χ4v) is 2.04. The van der Waals surface area contributed by atoms with E-state index in [1.807, 2.05) is 0 Å². The van der Waals surface area contributed by atoms with Crippen LogP contribution in [0.1, 0.15) is 36.2 Å². The first kappa shape index (κ1) is 11.9. The Balaban J connectivity index is 2.07. The summed E-state index contributed by atoms with van der Waals surface area (Å²) in [7, 11) is 0. The number of hydrogen-bond donors (Lipinski definition) is 2. The van der Waals surface area contributed by atoms with E-state index in [1.165, 1.54) is 0 Å². The Bertz CT molecular complexity index is 408. The van der Waals surface area contributed by atoms with E-state index >= 15 is 0 Å². The molecular weight excluding hydrogens is 218 g/mol. The van der Waals surface area contributed by atoms with Crippen molar-refractivity contribution in [3.63, 3.8) is 0 Å². The highest BCUT2D eigenvalue weighted by molar-refractivity contribution is 5.90. The van der Waals surface area contributed by atoms with Crippen LogP contribution in [-0.2, 0) is 0 Å². The van der Waals surface area contributed by atoms with Gasteiger partial charge in [-0.15, -0.1) is 0 Å². The highest BCUT2D eigenvalue weighted by Gasteiger charge is 2.23. The van der Waals surface area contributed by atoms with Gasteiger partial charge in [-0.25, -0.2) is 4.98 Å². The van der Waals surface area contributed by atoms with E-state index in [1.54, 1.807) is 18.2 Å². The minimum Gasteiger partial charge on any atom is -0.473 e. The highest BCUT2D eigenvalue weighted by atomic mass is 16.5. The van der Waals surface area contributed by atoms with Crippen molar-refractivity contribution in [1.82, 2.24) is 4.98 Å². The van der Waals surface area contributed by atoms with Crippen LogP contribution in [0.25, 0.3) is 0 Å². The van der Waals surface area contributed by atoms with Gasteiger partial charge in [0.15, 0.2) is 0 Å². The number of carbonyl (C=O) groups is 1. The molecule has 1 aliphatic rings. The topological polar surface area (TPSA) is 91.2 Å². The Kier molecular flexibility index (Phi) is 3.58. The number of hydrogen-bond acceptors (Lipinski definition) is 4. The first-order chi connectivity index (χ1) is 8.16. The van der Waals surface area contributed by atoms with E-state index in [0.29, 0.717) is 5.88 Å². The number of nitrogens with two attached hydrogens (primary N) is 2. The SMILES string of the molecule is NC(=O)c1cccc(OC2CCCCC2N)n1. The number of pyridine rings is 1. The Morgan fingerprint density at radius 2 is 2.12 bits per heavy atom. The average Bonchev–Trinajstić information content (AvgIpc) is 2.32. The molecule has 0 saturated heterocycles. The van der Waals surface area contributed by atoms with E-state index in [4.69, 9.17) is 16.2 Å². The molecule has 4 N–H and O–H groups in total. The highest BCUT2D eigenvalue weighted by Crippen LogP contribution is 2.21. The monoisotopic (exact) mass is 235 g/mol. The van der Waals surface area contributed by atoms with Gasteiger partial charge in [0.2, 0.25) is 5.88 Å². The van der Waals surface area contributed by atoms with Gasteiger partial charge in [-0.3, -0.25) is 4.79 Å². The van der Waals surface area contributed by atoms with E-state index in [0.717, 1.165) is 25.7 Å². The molecule has 1 heterocycles. The summed E-state index contributed by atoms with van der Waals surface area (Å²) in [5.74, 6) is -0.132. The summed E-state index contributed by atoms with van der Waals surface area (Å²) in [6, 6.07) is 5.03.